The van der Waals surface area contributed by atoms with E-state index in [4.69, 9.17) is 18.9 Å². The van der Waals surface area contributed by atoms with Crippen molar-refractivity contribution in [2.45, 2.75) is 136 Å². The van der Waals surface area contributed by atoms with E-state index >= 15 is 0 Å². The van der Waals surface area contributed by atoms with E-state index in [0.29, 0.717) is 6.42 Å². The van der Waals surface area contributed by atoms with Crippen molar-refractivity contribution in [3.8, 4) is 0 Å². The first-order chi connectivity index (χ1) is 19.6. The van der Waals surface area contributed by atoms with Crippen LogP contribution in [0.15, 0.2) is 12.7 Å². The van der Waals surface area contributed by atoms with Crippen molar-refractivity contribution < 1.29 is 53.8 Å². The molecule has 0 aromatic heterocycles. The molecule has 4 N–H and O–H groups in total. The summed E-state index contributed by atoms with van der Waals surface area (Å²) in [7, 11) is 0. The van der Waals surface area contributed by atoms with Crippen LogP contribution in [0.3, 0.4) is 0 Å². The summed E-state index contributed by atoms with van der Waals surface area (Å²) >= 11 is 0. The molecular formula is C32H54ClNO11. The molecule has 45 heavy (non-hydrogen) atoms. The fraction of sp³-hybridized carbons (Fsp3) is 0.812. The predicted molar refractivity (Wildman–Crippen MR) is 168 cm³/mol. The van der Waals surface area contributed by atoms with Crippen LogP contribution in [0.25, 0.3) is 0 Å². The van der Waals surface area contributed by atoms with Crippen molar-refractivity contribution in [3.63, 3.8) is 0 Å². The number of ketones is 1. The highest BCUT2D eigenvalue weighted by Gasteiger charge is 2.82. The average Bonchev–Trinajstić information content (AvgIpc) is 2.88. The van der Waals surface area contributed by atoms with Crippen molar-refractivity contribution >= 4 is 36.1 Å². The Morgan fingerprint density at radius 3 is 2.11 bits per heavy atom. The zero-order valence-electron chi connectivity index (χ0n) is 28.3. The molecule has 1 heterocycles. The number of fused-ring (bicyclic) bond motifs is 3. The molecule has 0 radical (unpaired) electrons. The lowest BCUT2D eigenvalue weighted by atomic mass is 9.39. The number of rotatable bonds is 9. The van der Waals surface area contributed by atoms with E-state index < -0.39 is 82.2 Å². The van der Waals surface area contributed by atoms with Crippen LogP contribution < -0.4 is 0 Å². The quantitative estimate of drug-likeness (QED) is 0.210. The van der Waals surface area contributed by atoms with Crippen molar-refractivity contribution in [2.75, 3.05) is 13.2 Å². The predicted octanol–water partition coefficient (Wildman–Crippen LogP) is 2.33. The van der Waals surface area contributed by atoms with Crippen molar-refractivity contribution in [3.05, 3.63) is 12.7 Å². The van der Waals surface area contributed by atoms with Gasteiger partial charge in [-0.15, -0.1) is 19.0 Å². The SMILES string of the molecule is C=C[C@@]1(C)CC(=O)[C@]2(O)[C@@]3(C)[C@@H](O)CCC(C)(C)[C@@H]3[C@H](OC(=O)COC(=O)CN(C(C)C)C(C)C)[C@H](OC(C)=O)[C@@]2(C)O1.Cl.O. The maximum Gasteiger partial charge on any atom is 0.344 e. The second-order valence-electron chi connectivity index (χ2n) is 14.3. The van der Waals surface area contributed by atoms with Gasteiger partial charge in [0.25, 0.3) is 0 Å². The summed E-state index contributed by atoms with van der Waals surface area (Å²) in [6.45, 7) is 20.5. The van der Waals surface area contributed by atoms with Crippen molar-refractivity contribution in [1.82, 2.24) is 4.90 Å². The fourth-order valence-corrected chi connectivity index (χ4v) is 8.22. The van der Waals surface area contributed by atoms with Crippen molar-refractivity contribution in [1.29, 1.82) is 0 Å². The molecule has 3 aliphatic rings. The number of carbonyl (C=O) groups is 4. The van der Waals surface area contributed by atoms with Crippen LogP contribution in [-0.4, -0.2) is 105 Å². The molecular weight excluding hydrogens is 610 g/mol. The van der Waals surface area contributed by atoms with Gasteiger partial charge in [0.2, 0.25) is 0 Å². The molecule has 8 atom stereocenters. The van der Waals surface area contributed by atoms with Gasteiger partial charge in [-0.2, -0.15) is 0 Å². The molecule has 0 aromatic rings. The third kappa shape index (κ3) is 6.82. The summed E-state index contributed by atoms with van der Waals surface area (Å²) in [5.74, 6) is -3.73. The van der Waals surface area contributed by atoms with Crippen LogP contribution in [0.4, 0.5) is 0 Å². The third-order valence-corrected chi connectivity index (χ3v) is 10.3. The fourth-order valence-electron chi connectivity index (χ4n) is 8.22. The Morgan fingerprint density at radius 2 is 1.62 bits per heavy atom. The number of hydrogen-bond donors (Lipinski definition) is 2. The highest BCUT2D eigenvalue weighted by molar-refractivity contribution is 5.92. The highest BCUT2D eigenvalue weighted by Crippen LogP contribution is 2.67. The summed E-state index contributed by atoms with van der Waals surface area (Å²) in [6.07, 6.45) is -1.98. The maximum atomic E-state index is 14.1. The van der Waals surface area contributed by atoms with Gasteiger partial charge in [-0.3, -0.25) is 19.3 Å². The lowest BCUT2D eigenvalue weighted by Crippen LogP contribution is -2.87. The molecule has 2 aliphatic carbocycles. The number of aliphatic hydroxyl groups excluding tert-OH is 1. The topological polar surface area (TPSA) is 180 Å². The van der Waals surface area contributed by atoms with E-state index in [1.807, 2.05) is 46.4 Å². The molecule has 13 heteroatoms. The lowest BCUT2D eigenvalue weighted by molar-refractivity contribution is -0.371. The molecule has 12 nitrogen and oxygen atoms in total. The van der Waals surface area contributed by atoms with Crippen LogP contribution in [0, 0.1) is 16.7 Å². The number of Topliss-reactive ketones (excluding diaryl/α,β-unsaturated/α-hetero) is 1. The Hall–Kier alpha value is -2.09. The van der Waals surface area contributed by atoms with E-state index in [2.05, 4.69) is 6.58 Å². The van der Waals surface area contributed by atoms with Gasteiger partial charge in [-0.1, -0.05) is 26.8 Å². The molecule has 0 aromatic carbocycles. The Bertz CT molecular complexity index is 1140. The number of esters is 3. The number of carbonyl (C=O) groups excluding carboxylic acids is 4. The van der Waals surface area contributed by atoms with Gasteiger partial charge in [0, 0.05) is 36.8 Å². The Kier molecular flexibility index (Phi) is 12.7. The van der Waals surface area contributed by atoms with Gasteiger partial charge in [0.1, 0.15) is 11.7 Å². The maximum absolute atomic E-state index is 14.1. The summed E-state index contributed by atoms with van der Waals surface area (Å²) < 4.78 is 23.6. The van der Waals surface area contributed by atoms with Crippen LogP contribution in [-0.2, 0) is 38.1 Å². The molecule has 1 aliphatic heterocycles. The van der Waals surface area contributed by atoms with E-state index in [-0.39, 0.29) is 49.4 Å². The van der Waals surface area contributed by atoms with E-state index in [1.165, 1.54) is 19.9 Å². The molecule has 0 spiro atoms. The number of nitrogens with zero attached hydrogens (tertiary/aromatic N) is 1. The number of ether oxygens (including phenoxy) is 4. The van der Waals surface area contributed by atoms with E-state index in [9.17, 15) is 29.4 Å². The third-order valence-electron chi connectivity index (χ3n) is 10.3. The second-order valence-corrected chi connectivity index (χ2v) is 14.3. The average molecular weight is 664 g/mol. The van der Waals surface area contributed by atoms with Crippen LogP contribution in [0.5, 0.6) is 0 Å². The molecule has 260 valence electrons. The van der Waals surface area contributed by atoms with Crippen LogP contribution in [0.2, 0.25) is 0 Å². The molecule has 0 bridgehead atoms. The Balaban J connectivity index is 0.00000506. The summed E-state index contributed by atoms with van der Waals surface area (Å²) in [6, 6.07) is 0.144. The molecule has 1 saturated heterocycles. The normalized spacial score (nSPS) is 37.0. The van der Waals surface area contributed by atoms with E-state index in [0.717, 1.165) is 0 Å². The lowest BCUT2D eigenvalue weighted by Gasteiger charge is -2.71. The highest BCUT2D eigenvalue weighted by atomic mass is 35.5. The molecule has 0 amide bonds. The molecule has 0 unspecified atom stereocenters. The summed E-state index contributed by atoms with van der Waals surface area (Å²) in [5, 5.41) is 24.2. The first kappa shape index (κ1) is 40.9. The van der Waals surface area contributed by atoms with Crippen molar-refractivity contribution in [2.24, 2.45) is 16.7 Å². The molecule has 2 saturated carbocycles. The first-order valence-electron chi connectivity index (χ1n) is 15.2. The van der Waals surface area contributed by atoms with Gasteiger partial charge in [-0.25, -0.2) is 4.79 Å². The molecule has 3 fully saturated rings. The Labute approximate surface area is 272 Å². The van der Waals surface area contributed by atoms with E-state index in [1.54, 1.807) is 13.8 Å². The minimum absolute atomic E-state index is 0. The minimum atomic E-state index is -2.34. The van der Waals surface area contributed by atoms with Gasteiger partial charge in [0.05, 0.1) is 18.2 Å². The van der Waals surface area contributed by atoms with Gasteiger partial charge in [0.15, 0.2) is 24.1 Å². The standard InChI is InChI=1S/C32H51NO10.ClH.H2O/c1-12-29(9)15-22(36)32(39)30(10)21(35)13-14-28(7,8)26(30)25(27(41-20(6)34)31(32,11)43-29)42-24(38)17-40-23(37)16-33(18(2)3)19(4)5;;/h12,18-19,21,25-27,35,39H,1,13-17H2,2-11H3;1H;1H2/t21-,25-,26-,27-,29-,30-,31+,32-;;/m0../s1. The molecule has 3 rings (SSSR count). The summed E-state index contributed by atoms with van der Waals surface area (Å²) in [4.78, 5) is 54.5. The van der Waals surface area contributed by atoms with Crippen LogP contribution >= 0.6 is 12.4 Å². The minimum Gasteiger partial charge on any atom is -0.455 e. The summed E-state index contributed by atoms with van der Waals surface area (Å²) in [5.41, 5.74) is -7.85. The number of hydrogen-bond acceptors (Lipinski definition) is 11. The van der Waals surface area contributed by atoms with Gasteiger partial charge < -0.3 is 34.6 Å². The number of halogens is 1. The monoisotopic (exact) mass is 663 g/mol. The zero-order chi connectivity index (χ0) is 32.9. The Morgan fingerprint density at radius 1 is 1.07 bits per heavy atom. The smallest absolute Gasteiger partial charge is 0.344 e. The van der Waals surface area contributed by atoms with Crippen LogP contribution in [0.1, 0.15) is 88.5 Å². The van der Waals surface area contributed by atoms with Gasteiger partial charge in [-0.05, 0) is 59.8 Å². The number of aliphatic hydroxyl groups is 2. The second kappa shape index (κ2) is 13.9. The van der Waals surface area contributed by atoms with Gasteiger partial charge >= 0.3 is 17.9 Å². The zero-order valence-corrected chi connectivity index (χ0v) is 29.1. The largest absolute Gasteiger partial charge is 0.455 e. The first-order valence-corrected chi connectivity index (χ1v) is 15.2.